The highest BCUT2D eigenvalue weighted by Crippen LogP contribution is 2.26. The quantitative estimate of drug-likeness (QED) is 0.808. The summed E-state index contributed by atoms with van der Waals surface area (Å²) in [5, 5.41) is 1.23. The number of aromatic nitrogens is 1. The van der Waals surface area contributed by atoms with Crippen LogP contribution in [0.4, 0.5) is 0 Å². The minimum atomic E-state index is 0.586. The van der Waals surface area contributed by atoms with Gasteiger partial charge in [-0.15, -0.1) is 0 Å². The van der Waals surface area contributed by atoms with Crippen LogP contribution in [0.2, 0.25) is 0 Å². The fourth-order valence-corrected chi connectivity index (χ4v) is 1.75. The molecule has 0 saturated heterocycles. The molecule has 1 N–H and O–H groups in total. The van der Waals surface area contributed by atoms with Crippen LogP contribution in [-0.4, -0.2) is 12.1 Å². The molecule has 0 aliphatic heterocycles. The minimum Gasteiger partial charge on any atom is -0.497 e. The molecule has 2 nitrogen and oxygen atoms in total. The van der Waals surface area contributed by atoms with E-state index in [1.165, 1.54) is 16.6 Å². The molecule has 2 heteroatoms. The van der Waals surface area contributed by atoms with Gasteiger partial charge in [-0.05, 0) is 36.6 Å². The van der Waals surface area contributed by atoms with Crippen molar-refractivity contribution in [2.24, 2.45) is 0 Å². The lowest BCUT2D eigenvalue weighted by Gasteiger charge is -2.03. The summed E-state index contributed by atoms with van der Waals surface area (Å²) < 4.78 is 5.20. The zero-order valence-corrected chi connectivity index (χ0v) is 9.50. The summed E-state index contributed by atoms with van der Waals surface area (Å²) in [6, 6.07) is 8.34. The van der Waals surface area contributed by atoms with Crippen LogP contribution in [0.1, 0.15) is 31.9 Å². The van der Waals surface area contributed by atoms with Crippen molar-refractivity contribution in [2.75, 3.05) is 7.11 Å². The Morgan fingerprint density at radius 3 is 2.80 bits per heavy atom. The molecule has 0 radical (unpaired) electrons. The second-order valence-corrected chi connectivity index (χ2v) is 3.99. The summed E-state index contributed by atoms with van der Waals surface area (Å²) in [4.78, 5) is 3.44. The van der Waals surface area contributed by atoms with Crippen LogP contribution in [0.25, 0.3) is 10.9 Å². The van der Waals surface area contributed by atoms with E-state index in [2.05, 4.69) is 37.0 Å². The molecule has 0 fully saturated rings. The lowest BCUT2D eigenvalue weighted by Crippen LogP contribution is -1.89. The molecular formula is C13H17NO. The highest BCUT2D eigenvalue weighted by Gasteiger charge is 2.07. The van der Waals surface area contributed by atoms with E-state index in [4.69, 9.17) is 4.74 Å². The molecule has 0 saturated carbocycles. The predicted molar refractivity (Wildman–Crippen MR) is 63.6 cm³/mol. The molecule has 15 heavy (non-hydrogen) atoms. The van der Waals surface area contributed by atoms with Gasteiger partial charge in [0.05, 0.1) is 7.11 Å². The molecule has 0 aliphatic rings. The predicted octanol–water partition coefficient (Wildman–Crippen LogP) is 3.69. The average molecular weight is 203 g/mol. The maximum atomic E-state index is 5.20. The van der Waals surface area contributed by atoms with Crippen molar-refractivity contribution < 1.29 is 4.74 Å². The number of ether oxygens (including phenoxy) is 1. The summed E-state index contributed by atoms with van der Waals surface area (Å²) in [6.07, 6.45) is 1.16. The number of hydrogen-bond donors (Lipinski definition) is 1. The van der Waals surface area contributed by atoms with E-state index in [0.717, 1.165) is 12.2 Å². The molecule has 0 bridgehead atoms. The number of aromatic amines is 1. The van der Waals surface area contributed by atoms with Crippen molar-refractivity contribution in [1.82, 2.24) is 4.98 Å². The first kappa shape index (κ1) is 10.1. The van der Waals surface area contributed by atoms with Gasteiger partial charge in [0.2, 0.25) is 0 Å². The molecule has 0 spiro atoms. The van der Waals surface area contributed by atoms with Crippen LogP contribution in [-0.2, 0) is 0 Å². The smallest absolute Gasteiger partial charge is 0.119 e. The van der Waals surface area contributed by atoms with Crippen LogP contribution in [0.3, 0.4) is 0 Å². The number of rotatable bonds is 3. The van der Waals surface area contributed by atoms with Crippen molar-refractivity contribution >= 4 is 10.9 Å². The normalized spacial score (nSPS) is 13.0. The molecular weight excluding hydrogens is 186 g/mol. The third kappa shape index (κ3) is 1.84. The molecule has 1 atom stereocenters. The molecule has 0 amide bonds. The molecule has 1 heterocycles. The molecule has 1 unspecified atom stereocenters. The topological polar surface area (TPSA) is 25.0 Å². The zero-order valence-electron chi connectivity index (χ0n) is 9.50. The van der Waals surface area contributed by atoms with E-state index in [1.807, 2.05) is 6.07 Å². The Morgan fingerprint density at radius 2 is 2.13 bits per heavy atom. The highest BCUT2D eigenvalue weighted by atomic mass is 16.5. The van der Waals surface area contributed by atoms with Gasteiger partial charge >= 0.3 is 0 Å². The Bertz CT molecular complexity index is 459. The van der Waals surface area contributed by atoms with E-state index < -0.39 is 0 Å². The molecule has 2 rings (SSSR count). The van der Waals surface area contributed by atoms with Gasteiger partial charge in [0, 0.05) is 16.6 Å². The SMILES string of the molecule is CCC(C)c1cc2cc(OC)ccc2[nH]1. The summed E-state index contributed by atoms with van der Waals surface area (Å²) in [7, 11) is 1.70. The Morgan fingerprint density at radius 1 is 1.33 bits per heavy atom. The number of nitrogens with one attached hydrogen (secondary N) is 1. The second kappa shape index (κ2) is 3.97. The summed E-state index contributed by atoms with van der Waals surface area (Å²) in [6.45, 7) is 4.44. The number of methoxy groups -OCH3 is 1. The Kier molecular flexibility index (Phi) is 2.67. The van der Waals surface area contributed by atoms with E-state index >= 15 is 0 Å². The lowest BCUT2D eigenvalue weighted by atomic mass is 10.1. The van der Waals surface area contributed by atoms with Crippen LogP contribution < -0.4 is 4.74 Å². The van der Waals surface area contributed by atoms with Gasteiger partial charge in [-0.25, -0.2) is 0 Å². The Balaban J connectivity index is 2.46. The van der Waals surface area contributed by atoms with Crippen LogP contribution in [0.5, 0.6) is 5.75 Å². The number of benzene rings is 1. The molecule has 2 aromatic rings. The first-order valence-electron chi connectivity index (χ1n) is 5.41. The summed E-state index contributed by atoms with van der Waals surface area (Å²) in [5.74, 6) is 1.50. The second-order valence-electron chi connectivity index (χ2n) is 3.99. The van der Waals surface area contributed by atoms with Crippen molar-refractivity contribution in [1.29, 1.82) is 0 Å². The zero-order chi connectivity index (χ0) is 10.8. The van der Waals surface area contributed by atoms with E-state index in [1.54, 1.807) is 7.11 Å². The lowest BCUT2D eigenvalue weighted by molar-refractivity contribution is 0.415. The monoisotopic (exact) mass is 203 g/mol. The van der Waals surface area contributed by atoms with Gasteiger partial charge in [0.25, 0.3) is 0 Å². The van der Waals surface area contributed by atoms with Crippen LogP contribution in [0, 0.1) is 0 Å². The first-order chi connectivity index (χ1) is 7.24. The van der Waals surface area contributed by atoms with Gasteiger partial charge in [0.15, 0.2) is 0 Å². The molecule has 0 aliphatic carbocycles. The van der Waals surface area contributed by atoms with E-state index in [0.29, 0.717) is 5.92 Å². The van der Waals surface area contributed by atoms with Gasteiger partial charge in [-0.2, -0.15) is 0 Å². The maximum Gasteiger partial charge on any atom is 0.119 e. The molecule has 1 aromatic heterocycles. The van der Waals surface area contributed by atoms with Crippen molar-refractivity contribution in [3.8, 4) is 5.75 Å². The minimum absolute atomic E-state index is 0.586. The fraction of sp³-hybridized carbons (Fsp3) is 0.385. The van der Waals surface area contributed by atoms with Crippen molar-refractivity contribution in [3.63, 3.8) is 0 Å². The first-order valence-corrected chi connectivity index (χ1v) is 5.41. The van der Waals surface area contributed by atoms with Crippen LogP contribution >= 0.6 is 0 Å². The Hall–Kier alpha value is -1.44. The standard InChI is InChI=1S/C13H17NO/c1-4-9(2)13-8-10-7-11(15-3)5-6-12(10)14-13/h5-9,14H,4H2,1-3H3. The van der Waals surface area contributed by atoms with Crippen LogP contribution in [0.15, 0.2) is 24.3 Å². The number of fused-ring (bicyclic) bond motifs is 1. The van der Waals surface area contributed by atoms with Gasteiger partial charge in [0.1, 0.15) is 5.75 Å². The van der Waals surface area contributed by atoms with Gasteiger partial charge in [-0.3, -0.25) is 0 Å². The number of hydrogen-bond acceptors (Lipinski definition) is 1. The summed E-state index contributed by atoms with van der Waals surface area (Å²) in [5.41, 5.74) is 2.49. The average Bonchev–Trinajstić information content (AvgIpc) is 2.70. The third-order valence-corrected chi connectivity index (χ3v) is 2.99. The van der Waals surface area contributed by atoms with Crippen molar-refractivity contribution in [2.45, 2.75) is 26.2 Å². The Labute approximate surface area is 90.3 Å². The van der Waals surface area contributed by atoms with Gasteiger partial charge < -0.3 is 9.72 Å². The van der Waals surface area contributed by atoms with E-state index in [9.17, 15) is 0 Å². The van der Waals surface area contributed by atoms with Gasteiger partial charge in [-0.1, -0.05) is 13.8 Å². The van der Waals surface area contributed by atoms with Crippen molar-refractivity contribution in [3.05, 3.63) is 30.0 Å². The molecule has 1 aromatic carbocycles. The summed E-state index contributed by atoms with van der Waals surface area (Å²) >= 11 is 0. The fourth-order valence-electron chi connectivity index (χ4n) is 1.75. The largest absolute Gasteiger partial charge is 0.497 e. The molecule has 80 valence electrons. The van der Waals surface area contributed by atoms with E-state index in [-0.39, 0.29) is 0 Å². The number of H-pyrrole nitrogens is 1. The third-order valence-electron chi connectivity index (χ3n) is 2.99. The highest BCUT2D eigenvalue weighted by molar-refractivity contribution is 5.82. The maximum absolute atomic E-state index is 5.20.